The first-order valence-corrected chi connectivity index (χ1v) is 12.8. The fraction of sp³-hybridized carbons (Fsp3) is 0.692. The van der Waals surface area contributed by atoms with Crippen LogP contribution in [0.25, 0.3) is 0 Å². The van der Waals surface area contributed by atoms with Crippen molar-refractivity contribution >= 4 is 35.8 Å². The fourth-order valence-corrected chi connectivity index (χ4v) is 4.39. The first-order valence-electron chi connectivity index (χ1n) is 12.8. The molecule has 13 nitrogen and oxygen atoms in total. The summed E-state index contributed by atoms with van der Waals surface area (Å²) in [5, 5.41) is 38.3. The Balaban J connectivity index is 2.94. The van der Waals surface area contributed by atoms with Gasteiger partial charge in [-0.3, -0.25) is 24.0 Å². The molecule has 13 heteroatoms. The highest BCUT2D eigenvalue weighted by Crippen LogP contribution is 2.29. The number of hydrogen-bond donors (Lipinski definition) is 4. The Morgan fingerprint density at radius 1 is 0.872 bits per heavy atom. The molecular weight excluding hydrogens is 518 g/mol. The van der Waals surface area contributed by atoms with Crippen molar-refractivity contribution < 1.29 is 58.7 Å². The van der Waals surface area contributed by atoms with E-state index in [9.17, 15) is 49.2 Å². The van der Waals surface area contributed by atoms with Crippen LogP contribution in [0.3, 0.4) is 0 Å². The van der Waals surface area contributed by atoms with Gasteiger partial charge in [0, 0.05) is 24.6 Å². The molecule has 1 aliphatic rings. The van der Waals surface area contributed by atoms with Crippen LogP contribution >= 0.6 is 0 Å². The van der Waals surface area contributed by atoms with E-state index in [1.165, 1.54) is 20.8 Å². The number of aliphatic carboxylic acids is 3. The Hall–Kier alpha value is -3.48. The van der Waals surface area contributed by atoms with E-state index in [0.29, 0.717) is 19.4 Å². The average Bonchev–Trinajstić information content (AvgIpc) is 3.29. The zero-order valence-corrected chi connectivity index (χ0v) is 22.5. The third kappa shape index (κ3) is 10.7. The SMILES string of the molecule is C=C(C)C(=O)OCC(O)COC(=O)C(CCC(CCC(C(=O)O)C(C)C(=O)O)N1CCCC1=O)C(C)C(=O)O. The van der Waals surface area contributed by atoms with Crippen LogP contribution in [0.1, 0.15) is 59.3 Å². The molecule has 0 aliphatic carbocycles. The van der Waals surface area contributed by atoms with Crippen LogP contribution in [-0.2, 0) is 38.2 Å². The molecule has 220 valence electrons. The van der Waals surface area contributed by atoms with Gasteiger partial charge in [-0.2, -0.15) is 0 Å². The number of carboxylic acid groups (broad SMARTS) is 3. The number of likely N-dealkylation sites (tertiary alicyclic amines) is 1. The summed E-state index contributed by atoms with van der Waals surface area (Å²) >= 11 is 0. The van der Waals surface area contributed by atoms with E-state index in [1.807, 2.05) is 0 Å². The van der Waals surface area contributed by atoms with E-state index in [0.717, 1.165) is 0 Å². The van der Waals surface area contributed by atoms with E-state index >= 15 is 0 Å². The first kappa shape index (κ1) is 33.5. The Labute approximate surface area is 226 Å². The lowest BCUT2D eigenvalue weighted by atomic mass is 9.84. The molecule has 6 atom stereocenters. The molecule has 0 radical (unpaired) electrons. The van der Waals surface area contributed by atoms with E-state index in [1.54, 1.807) is 4.90 Å². The van der Waals surface area contributed by atoms with Crippen molar-refractivity contribution in [2.24, 2.45) is 23.7 Å². The van der Waals surface area contributed by atoms with Gasteiger partial charge in [-0.15, -0.1) is 0 Å². The van der Waals surface area contributed by atoms with Gasteiger partial charge in [0.25, 0.3) is 0 Å². The van der Waals surface area contributed by atoms with Crippen molar-refractivity contribution in [1.82, 2.24) is 4.90 Å². The third-order valence-corrected chi connectivity index (χ3v) is 6.95. The average molecular weight is 558 g/mol. The van der Waals surface area contributed by atoms with Gasteiger partial charge in [-0.25, -0.2) is 4.79 Å². The van der Waals surface area contributed by atoms with Crippen molar-refractivity contribution in [3.05, 3.63) is 12.2 Å². The van der Waals surface area contributed by atoms with Crippen LogP contribution in [0.2, 0.25) is 0 Å². The highest BCUT2D eigenvalue weighted by atomic mass is 16.6. The Morgan fingerprint density at radius 3 is 1.85 bits per heavy atom. The zero-order chi connectivity index (χ0) is 29.9. The second-order valence-electron chi connectivity index (χ2n) is 9.97. The lowest BCUT2D eigenvalue weighted by Crippen LogP contribution is -2.39. The lowest BCUT2D eigenvalue weighted by molar-refractivity contribution is -0.161. The summed E-state index contributed by atoms with van der Waals surface area (Å²) in [6.07, 6.45) is -0.212. The molecule has 0 aromatic heterocycles. The number of ether oxygens (including phenoxy) is 2. The maximum Gasteiger partial charge on any atom is 0.333 e. The maximum atomic E-state index is 12.8. The molecule has 1 aliphatic heterocycles. The molecule has 1 saturated heterocycles. The van der Waals surface area contributed by atoms with Crippen molar-refractivity contribution in [1.29, 1.82) is 0 Å². The first-order chi connectivity index (χ1) is 18.2. The van der Waals surface area contributed by atoms with Crippen molar-refractivity contribution in [3.63, 3.8) is 0 Å². The number of rotatable bonds is 18. The molecule has 0 spiro atoms. The molecule has 6 unspecified atom stereocenters. The minimum Gasteiger partial charge on any atom is -0.481 e. The molecule has 0 bridgehead atoms. The minimum atomic E-state index is -1.35. The minimum absolute atomic E-state index is 0.0201. The van der Waals surface area contributed by atoms with Gasteiger partial charge in [0.1, 0.15) is 19.3 Å². The van der Waals surface area contributed by atoms with Crippen LogP contribution in [0.4, 0.5) is 0 Å². The van der Waals surface area contributed by atoms with Gasteiger partial charge < -0.3 is 34.8 Å². The van der Waals surface area contributed by atoms with Gasteiger partial charge in [0.2, 0.25) is 5.91 Å². The molecule has 0 aromatic carbocycles. The number of hydrogen-bond acceptors (Lipinski definition) is 9. The van der Waals surface area contributed by atoms with Gasteiger partial charge in [0.05, 0.1) is 23.7 Å². The smallest absolute Gasteiger partial charge is 0.333 e. The molecule has 1 amide bonds. The Morgan fingerprint density at radius 2 is 1.38 bits per heavy atom. The molecule has 4 N–H and O–H groups in total. The number of carbonyl (C=O) groups is 6. The predicted octanol–water partition coefficient (Wildman–Crippen LogP) is 1.32. The van der Waals surface area contributed by atoms with Gasteiger partial charge in [-0.05, 0) is 39.0 Å². The molecule has 1 fully saturated rings. The standard InChI is InChI=1S/C26H39NO12/c1-14(2)25(36)38-12-18(28)13-39-26(37)20(16(4)23(32)33)10-8-17(27-11-5-6-21(27)29)7-9-19(24(34)35)15(3)22(30)31/h15-20,28H,1,5-13H2,2-4H3,(H,30,31)(H,32,33)(H,34,35). The number of esters is 2. The maximum absolute atomic E-state index is 12.8. The van der Waals surface area contributed by atoms with Crippen molar-refractivity contribution in [2.45, 2.75) is 71.4 Å². The lowest BCUT2D eigenvalue weighted by Gasteiger charge is -2.31. The number of nitrogens with zero attached hydrogens (tertiary/aromatic N) is 1. The Kier molecular flexibility index (Phi) is 13.6. The monoisotopic (exact) mass is 557 g/mol. The van der Waals surface area contributed by atoms with Gasteiger partial charge in [-0.1, -0.05) is 20.4 Å². The summed E-state index contributed by atoms with van der Waals surface area (Å²) < 4.78 is 9.90. The van der Waals surface area contributed by atoms with Crippen LogP contribution < -0.4 is 0 Å². The van der Waals surface area contributed by atoms with Crippen LogP contribution in [0.15, 0.2) is 12.2 Å². The largest absolute Gasteiger partial charge is 0.481 e. The van der Waals surface area contributed by atoms with Crippen LogP contribution in [-0.4, -0.2) is 93.0 Å². The van der Waals surface area contributed by atoms with Crippen LogP contribution in [0, 0.1) is 23.7 Å². The fourth-order valence-electron chi connectivity index (χ4n) is 4.39. The van der Waals surface area contributed by atoms with E-state index in [2.05, 4.69) is 6.58 Å². The summed E-state index contributed by atoms with van der Waals surface area (Å²) in [6, 6.07) is -0.536. The number of aliphatic hydroxyl groups is 1. The summed E-state index contributed by atoms with van der Waals surface area (Å²) in [4.78, 5) is 73.0. The summed E-state index contributed by atoms with van der Waals surface area (Å²) in [5.74, 6) is -10.3. The van der Waals surface area contributed by atoms with E-state index in [-0.39, 0.29) is 37.2 Å². The summed E-state index contributed by atoms with van der Waals surface area (Å²) in [7, 11) is 0. The summed E-state index contributed by atoms with van der Waals surface area (Å²) in [6.45, 7) is 6.85. The van der Waals surface area contributed by atoms with E-state index < -0.39 is 78.9 Å². The van der Waals surface area contributed by atoms with Crippen molar-refractivity contribution in [2.75, 3.05) is 19.8 Å². The molecule has 0 aromatic rings. The second-order valence-corrected chi connectivity index (χ2v) is 9.97. The highest BCUT2D eigenvalue weighted by molar-refractivity contribution is 5.87. The molecule has 1 rings (SSSR count). The normalized spacial score (nSPS) is 17.8. The zero-order valence-electron chi connectivity index (χ0n) is 22.5. The van der Waals surface area contributed by atoms with Gasteiger partial charge in [0.15, 0.2) is 0 Å². The second kappa shape index (κ2) is 15.8. The number of amides is 1. The van der Waals surface area contributed by atoms with Gasteiger partial charge >= 0.3 is 29.8 Å². The third-order valence-electron chi connectivity index (χ3n) is 6.95. The quantitative estimate of drug-likeness (QED) is 0.139. The molecular formula is C26H39NO12. The number of carbonyl (C=O) groups excluding carboxylic acids is 3. The van der Waals surface area contributed by atoms with Crippen molar-refractivity contribution in [3.8, 4) is 0 Å². The summed E-state index contributed by atoms with van der Waals surface area (Å²) in [5.41, 5.74) is 0.118. The molecule has 39 heavy (non-hydrogen) atoms. The highest BCUT2D eigenvalue weighted by Gasteiger charge is 2.36. The number of carboxylic acids is 3. The molecule has 1 heterocycles. The molecule has 0 saturated carbocycles. The number of aliphatic hydroxyl groups excluding tert-OH is 1. The van der Waals surface area contributed by atoms with E-state index in [4.69, 9.17) is 9.47 Å². The predicted molar refractivity (Wildman–Crippen MR) is 134 cm³/mol. The van der Waals surface area contributed by atoms with Crippen LogP contribution in [0.5, 0.6) is 0 Å². The topological polar surface area (TPSA) is 205 Å². The Bertz CT molecular complexity index is 932.